The second-order valence-electron chi connectivity index (χ2n) is 7.52. The largest absolute Gasteiger partial charge is 0.449 e. The second kappa shape index (κ2) is 11.0. The number of halogens is 2. The number of para-hydroxylation sites is 1. The van der Waals surface area contributed by atoms with E-state index in [0.717, 1.165) is 12.1 Å². The van der Waals surface area contributed by atoms with Crippen LogP contribution in [0, 0.1) is 11.6 Å². The minimum atomic E-state index is -4.52. The molecule has 0 saturated carbocycles. The third kappa shape index (κ3) is 6.63. The number of esters is 1. The molecule has 0 fully saturated rings. The SMILES string of the molecule is CC(=O)Nc1ccc(NC(=O)[C@H](C)OC(=O)c2ccccc2NS(=O)(=O)c2ccc(F)cc2F)cc1. The van der Waals surface area contributed by atoms with Crippen LogP contribution in [0.1, 0.15) is 24.2 Å². The highest BCUT2D eigenvalue weighted by molar-refractivity contribution is 7.92. The Hall–Kier alpha value is -4.32. The molecule has 0 saturated heterocycles. The van der Waals surface area contributed by atoms with Crippen molar-refractivity contribution in [3.05, 3.63) is 83.9 Å². The van der Waals surface area contributed by atoms with Gasteiger partial charge in [-0.2, -0.15) is 0 Å². The fraction of sp³-hybridized carbons (Fsp3) is 0.125. The van der Waals surface area contributed by atoms with Crippen molar-refractivity contribution in [3.63, 3.8) is 0 Å². The van der Waals surface area contributed by atoms with Gasteiger partial charge in [0.15, 0.2) is 6.10 Å². The van der Waals surface area contributed by atoms with Gasteiger partial charge in [-0.05, 0) is 55.5 Å². The summed E-state index contributed by atoms with van der Waals surface area (Å²) in [5.74, 6) is -4.19. The van der Waals surface area contributed by atoms with Crippen LogP contribution in [0.15, 0.2) is 71.6 Å². The maximum Gasteiger partial charge on any atom is 0.341 e. The van der Waals surface area contributed by atoms with E-state index in [4.69, 9.17) is 4.74 Å². The number of carbonyl (C=O) groups is 3. The van der Waals surface area contributed by atoms with Gasteiger partial charge in [0, 0.05) is 24.4 Å². The molecule has 0 spiro atoms. The van der Waals surface area contributed by atoms with E-state index in [9.17, 15) is 31.6 Å². The number of hydrogen-bond donors (Lipinski definition) is 3. The van der Waals surface area contributed by atoms with Crippen LogP contribution in [0.2, 0.25) is 0 Å². The summed E-state index contributed by atoms with van der Waals surface area (Å²) in [7, 11) is -4.52. The molecular weight excluding hydrogens is 496 g/mol. The lowest BCUT2D eigenvalue weighted by atomic mass is 10.2. The zero-order valence-electron chi connectivity index (χ0n) is 19.0. The van der Waals surface area contributed by atoms with Gasteiger partial charge >= 0.3 is 5.97 Å². The molecule has 0 aliphatic rings. The van der Waals surface area contributed by atoms with E-state index in [1.54, 1.807) is 12.1 Å². The molecule has 3 N–H and O–H groups in total. The summed E-state index contributed by atoms with van der Waals surface area (Å²) in [5, 5.41) is 5.13. The Morgan fingerprint density at radius 3 is 2.11 bits per heavy atom. The van der Waals surface area contributed by atoms with Gasteiger partial charge in [-0.15, -0.1) is 0 Å². The summed E-state index contributed by atoms with van der Waals surface area (Å²) in [5.41, 5.74) is 0.446. The van der Waals surface area contributed by atoms with Crippen molar-refractivity contribution >= 4 is 44.9 Å². The normalized spacial score (nSPS) is 11.8. The van der Waals surface area contributed by atoms with Crippen LogP contribution in [-0.2, 0) is 24.3 Å². The Labute approximate surface area is 205 Å². The van der Waals surface area contributed by atoms with Gasteiger partial charge in [-0.25, -0.2) is 22.0 Å². The Morgan fingerprint density at radius 2 is 1.50 bits per heavy atom. The van der Waals surface area contributed by atoms with Crippen molar-refractivity contribution in [2.24, 2.45) is 0 Å². The van der Waals surface area contributed by atoms with Crippen molar-refractivity contribution < 1.29 is 36.3 Å². The highest BCUT2D eigenvalue weighted by Crippen LogP contribution is 2.23. The van der Waals surface area contributed by atoms with Gasteiger partial charge in [-0.3, -0.25) is 14.3 Å². The Morgan fingerprint density at radius 1 is 0.889 bits per heavy atom. The number of amides is 2. The third-order valence-corrected chi connectivity index (χ3v) is 6.10. The summed E-state index contributed by atoms with van der Waals surface area (Å²) in [6.07, 6.45) is -1.27. The van der Waals surface area contributed by atoms with Crippen LogP contribution in [0.5, 0.6) is 0 Å². The number of benzene rings is 3. The first kappa shape index (κ1) is 26.3. The van der Waals surface area contributed by atoms with E-state index < -0.39 is 44.5 Å². The third-order valence-electron chi connectivity index (χ3n) is 4.70. The van der Waals surface area contributed by atoms with Crippen LogP contribution in [0.4, 0.5) is 25.8 Å². The fourth-order valence-electron chi connectivity index (χ4n) is 3.00. The van der Waals surface area contributed by atoms with Crippen LogP contribution >= 0.6 is 0 Å². The van der Waals surface area contributed by atoms with Gasteiger partial charge in [0.05, 0.1) is 11.3 Å². The number of nitrogens with one attached hydrogen (secondary N) is 3. The summed E-state index contributed by atoms with van der Waals surface area (Å²) in [6.45, 7) is 2.68. The average Bonchev–Trinajstić information content (AvgIpc) is 2.79. The molecule has 3 aromatic carbocycles. The molecule has 0 heterocycles. The van der Waals surface area contributed by atoms with Crippen LogP contribution in [-0.4, -0.2) is 32.3 Å². The first-order valence-electron chi connectivity index (χ1n) is 10.4. The lowest BCUT2D eigenvalue weighted by Gasteiger charge is -2.16. The molecule has 12 heteroatoms. The van der Waals surface area contributed by atoms with E-state index >= 15 is 0 Å². The zero-order chi connectivity index (χ0) is 26.5. The van der Waals surface area contributed by atoms with Crippen molar-refractivity contribution in [2.75, 3.05) is 15.4 Å². The Bertz CT molecular complexity index is 1410. The molecule has 3 rings (SSSR count). The minimum Gasteiger partial charge on any atom is -0.449 e. The number of anilines is 3. The lowest BCUT2D eigenvalue weighted by Crippen LogP contribution is -2.30. The highest BCUT2D eigenvalue weighted by atomic mass is 32.2. The first-order valence-corrected chi connectivity index (χ1v) is 11.9. The molecule has 2 amide bonds. The van der Waals surface area contributed by atoms with Gasteiger partial charge in [0.25, 0.3) is 15.9 Å². The van der Waals surface area contributed by atoms with E-state index in [-0.39, 0.29) is 17.2 Å². The summed E-state index contributed by atoms with van der Waals surface area (Å²) < 4.78 is 59.7. The monoisotopic (exact) mass is 517 g/mol. The summed E-state index contributed by atoms with van der Waals surface area (Å²) in [6, 6.07) is 13.5. The summed E-state index contributed by atoms with van der Waals surface area (Å²) >= 11 is 0. The fourth-order valence-corrected chi connectivity index (χ4v) is 4.14. The van der Waals surface area contributed by atoms with Gasteiger partial charge in [0.1, 0.15) is 16.5 Å². The smallest absolute Gasteiger partial charge is 0.341 e. The van der Waals surface area contributed by atoms with Crippen LogP contribution < -0.4 is 15.4 Å². The number of sulfonamides is 1. The molecule has 3 aromatic rings. The Kier molecular flexibility index (Phi) is 8.00. The molecule has 0 bridgehead atoms. The predicted molar refractivity (Wildman–Crippen MR) is 128 cm³/mol. The van der Waals surface area contributed by atoms with Crippen molar-refractivity contribution in [1.29, 1.82) is 0 Å². The molecule has 0 unspecified atom stereocenters. The molecule has 0 aliphatic heterocycles. The van der Waals surface area contributed by atoms with Gasteiger partial charge in [0.2, 0.25) is 5.91 Å². The number of rotatable bonds is 8. The lowest BCUT2D eigenvalue weighted by molar-refractivity contribution is -0.123. The van der Waals surface area contributed by atoms with E-state index in [0.29, 0.717) is 17.4 Å². The van der Waals surface area contributed by atoms with Gasteiger partial charge < -0.3 is 15.4 Å². The van der Waals surface area contributed by atoms with Crippen LogP contribution in [0.25, 0.3) is 0 Å². The molecule has 188 valence electrons. The van der Waals surface area contributed by atoms with E-state index in [2.05, 4.69) is 15.4 Å². The second-order valence-corrected chi connectivity index (χ2v) is 9.17. The number of hydrogen-bond acceptors (Lipinski definition) is 6. The van der Waals surface area contributed by atoms with Gasteiger partial charge in [-0.1, -0.05) is 12.1 Å². The number of carbonyl (C=O) groups excluding carboxylic acids is 3. The Balaban J connectivity index is 1.70. The topological polar surface area (TPSA) is 131 Å². The summed E-state index contributed by atoms with van der Waals surface area (Å²) in [4.78, 5) is 35.4. The molecular formula is C24H21F2N3O6S. The van der Waals surface area contributed by atoms with Crippen molar-refractivity contribution in [2.45, 2.75) is 24.8 Å². The molecule has 9 nitrogen and oxygen atoms in total. The van der Waals surface area contributed by atoms with Crippen molar-refractivity contribution in [1.82, 2.24) is 0 Å². The molecule has 36 heavy (non-hydrogen) atoms. The van der Waals surface area contributed by atoms with E-state index in [1.165, 1.54) is 50.2 Å². The maximum atomic E-state index is 14.0. The van der Waals surface area contributed by atoms with Crippen molar-refractivity contribution in [3.8, 4) is 0 Å². The zero-order valence-corrected chi connectivity index (χ0v) is 19.9. The van der Waals surface area contributed by atoms with Crippen LogP contribution in [0.3, 0.4) is 0 Å². The quantitative estimate of drug-likeness (QED) is 0.389. The van der Waals surface area contributed by atoms with E-state index in [1.807, 2.05) is 0 Å². The molecule has 0 aliphatic carbocycles. The maximum absolute atomic E-state index is 14.0. The minimum absolute atomic E-state index is 0.229. The standard InChI is InChI=1S/C24H21F2N3O6S/c1-14(23(31)28-18-10-8-17(9-11-18)27-15(2)30)35-24(32)19-5-3-4-6-21(19)29-36(33,34)22-12-7-16(25)13-20(22)26/h3-14,29H,1-2H3,(H,27,30)(H,28,31)/t14-/m0/s1. The predicted octanol–water partition coefficient (Wildman–Crippen LogP) is 3.91. The number of ether oxygens (including phenoxy) is 1. The first-order chi connectivity index (χ1) is 17.0. The highest BCUT2D eigenvalue weighted by Gasteiger charge is 2.25. The molecule has 0 aromatic heterocycles. The molecule has 1 atom stereocenters. The molecule has 0 radical (unpaired) electrons. The average molecular weight is 518 g/mol.